The van der Waals surface area contributed by atoms with E-state index < -0.39 is 10.0 Å². The minimum atomic E-state index is -3.74. The van der Waals surface area contributed by atoms with Crippen molar-refractivity contribution in [3.63, 3.8) is 0 Å². The van der Waals surface area contributed by atoms with Gasteiger partial charge in [0.15, 0.2) is 0 Å². The van der Waals surface area contributed by atoms with E-state index >= 15 is 0 Å². The molecule has 1 heterocycles. The molecule has 3 aromatic rings. The number of carbonyl (C=O) groups is 1. The number of aromatic nitrogens is 2. The van der Waals surface area contributed by atoms with Gasteiger partial charge in [-0.15, -0.1) is 0 Å². The summed E-state index contributed by atoms with van der Waals surface area (Å²) in [6, 6.07) is 13.1. The molecule has 0 radical (unpaired) electrons. The standard InChI is InChI=1S/C19H20N4O4S/c1-20-19(24)14-5-9-17(10-6-14)28(25,26)22-12-15-11-21-23-18(15)13-3-7-16(27-2)8-4-13/h3-11,22H,12H2,1-2H3,(H,20,24)(H,21,23). The molecule has 0 saturated carbocycles. The Hall–Kier alpha value is -3.17. The van der Waals surface area contributed by atoms with Gasteiger partial charge in [0.2, 0.25) is 10.0 Å². The van der Waals surface area contributed by atoms with E-state index in [0.29, 0.717) is 11.1 Å². The Balaban J connectivity index is 1.75. The number of amides is 1. The van der Waals surface area contributed by atoms with Crippen LogP contribution in [0.1, 0.15) is 15.9 Å². The number of sulfonamides is 1. The molecule has 0 aliphatic carbocycles. The Morgan fingerprint density at radius 1 is 1.11 bits per heavy atom. The van der Waals surface area contributed by atoms with Crippen molar-refractivity contribution in [2.75, 3.05) is 14.2 Å². The Bertz CT molecular complexity index is 1060. The number of ether oxygens (including phenoxy) is 1. The maximum absolute atomic E-state index is 12.6. The highest BCUT2D eigenvalue weighted by atomic mass is 32.2. The van der Waals surface area contributed by atoms with Crippen molar-refractivity contribution in [1.29, 1.82) is 0 Å². The number of methoxy groups -OCH3 is 1. The molecule has 0 atom stereocenters. The van der Waals surface area contributed by atoms with Crippen LogP contribution < -0.4 is 14.8 Å². The van der Waals surface area contributed by atoms with Crippen LogP contribution in [-0.2, 0) is 16.6 Å². The summed E-state index contributed by atoms with van der Waals surface area (Å²) in [5.74, 6) is 0.449. The Kier molecular flexibility index (Phi) is 5.76. The van der Waals surface area contributed by atoms with E-state index in [1.165, 1.54) is 31.3 Å². The van der Waals surface area contributed by atoms with Gasteiger partial charge in [0.05, 0.1) is 23.9 Å². The Labute approximate surface area is 163 Å². The van der Waals surface area contributed by atoms with Gasteiger partial charge in [0, 0.05) is 30.3 Å². The molecule has 2 aromatic carbocycles. The molecule has 0 spiro atoms. The number of H-pyrrole nitrogens is 1. The fraction of sp³-hybridized carbons (Fsp3) is 0.158. The van der Waals surface area contributed by atoms with Crippen molar-refractivity contribution in [3.05, 3.63) is 65.9 Å². The first-order valence-electron chi connectivity index (χ1n) is 8.43. The summed E-state index contributed by atoms with van der Waals surface area (Å²) >= 11 is 0. The van der Waals surface area contributed by atoms with Crippen LogP contribution in [0.4, 0.5) is 0 Å². The van der Waals surface area contributed by atoms with E-state index in [-0.39, 0.29) is 17.3 Å². The minimum absolute atomic E-state index is 0.0669. The van der Waals surface area contributed by atoms with Gasteiger partial charge in [-0.1, -0.05) is 0 Å². The zero-order valence-corrected chi connectivity index (χ0v) is 16.2. The minimum Gasteiger partial charge on any atom is -0.497 e. The second-order valence-electron chi connectivity index (χ2n) is 5.93. The summed E-state index contributed by atoms with van der Waals surface area (Å²) in [4.78, 5) is 11.7. The molecule has 3 rings (SSSR count). The number of aromatic amines is 1. The highest BCUT2D eigenvalue weighted by Gasteiger charge is 2.16. The predicted octanol–water partition coefficient (Wildman–Crippen LogP) is 1.92. The second-order valence-corrected chi connectivity index (χ2v) is 7.69. The molecule has 0 aliphatic rings. The van der Waals surface area contributed by atoms with Crippen LogP contribution in [0.3, 0.4) is 0 Å². The fourth-order valence-corrected chi connectivity index (χ4v) is 3.65. The van der Waals surface area contributed by atoms with Crippen LogP contribution in [0.25, 0.3) is 11.3 Å². The van der Waals surface area contributed by atoms with Crippen molar-refractivity contribution in [1.82, 2.24) is 20.2 Å². The maximum Gasteiger partial charge on any atom is 0.251 e. The molecule has 1 amide bonds. The molecular formula is C19H20N4O4S. The molecule has 8 nitrogen and oxygen atoms in total. The summed E-state index contributed by atoms with van der Waals surface area (Å²) < 4.78 is 32.8. The van der Waals surface area contributed by atoms with Crippen molar-refractivity contribution in [2.24, 2.45) is 0 Å². The van der Waals surface area contributed by atoms with Crippen LogP contribution in [0.15, 0.2) is 59.6 Å². The van der Waals surface area contributed by atoms with Gasteiger partial charge in [0.25, 0.3) is 5.91 Å². The number of carbonyl (C=O) groups excluding carboxylic acids is 1. The first-order chi connectivity index (χ1) is 13.4. The van der Waals surface area contributed by atoms with E-state index in [9.17, 15) is 13.2 Å². The summed E-state index contributed by atoms with van der Waals surface area (Å²) in [6.45, 7) is 0.0669. The highest BCUT2D eigenvalue weighted by Crippen LogP contribution is 2.24. The van der Waals surface area contributed by atoms with E-state index in [0.717, 1.165) is 17.0 Å². The molecule has 0 saturated heterocycles. The van der Waals surface area contributed by atoms with Crippen LogP contribution in [0, 0.1) is 0 Å². The predicted molar refractivity (Wildman–Crippen MR) is 104 cm³/mol. The number of hydrogen-bond acceptors (Lipinski definition) is 5. The lowest BCUT2D eigenvalue weighted by molar-refractivity contribution is 0.0963. The third kappa shape index (κ3) is 4.21. The third-order valence-electron chi connectivity index (χ3n) is 4.20. The van der Waals surface area contributed by atoms with E-state index in [2.05, 4.69) is 20.2 Å². The first kappa shape index (κ1) is 19.6. The van der Waals surface area contributed by atoms with Crippen LogP contribution in [0.2, 0.25) is 0 Å². The average Bonchev–Trinajstić information content (AvgIpc) is 3.20. The largest absolute Gasteiger partial charge is 0.497 e. The Morgan fingerprint density at radius 2 is 1.79 bits per heavy atom. The number of rotatable bonds is 7. The van der Waals surface area contributed by atoms with Crippen molar-refractivity contribution in [2.45, 2.75) is 11.4 Å². The monoisotopic (exact) mass is 400 g/mol. The first-order valence-corrected chi connectivity index (χ1v) is 9.91. The highest BCUT2D eigenvalue weighted by molar-refractivity contribution is 7.89. The molecule has 28 heavy (non-hydrogen) atoms. The quantitative estimate of drug-likeness (QED) is 0.561. The van der Waals surface area contributed by atoms with Crippen LogP contribution in [0.5, 0.6) is 5.75 Å². The summed E-state index contributed by atoms with van der Waals surface area (Å²) in [5, 5.41) is 9.40. The van der Waals surface area contributed by atoms with Gasteiger partial charge in [-0.05, 0) is 48.5 Å². The number of nitrogens with one attached hydrogen (secondary N) is 3. The summed E-state index contributed by atoms with van der Waals surface area (Å²) in [6.07, 6.45) is 1.58. The van der Waals surface area contributed by atoms with E-state index in [1.807, 2.05) is 24.3 Å². The van der Waals surface area contributed by atoms with Gasteiger partial charge in [-0.25, -0.2) is 13.1 Å². The van der Waals surface area contributed by atoms with Crippen molar-refractivity contribution in [3.8, 4) is 17.0 Å². The van der Waals surface area contributed by atoms with Crippen LogP contribution >= 0.6 is 0 Å². The van der Waals surface area contributed by atoms with Gasteiger partial charge >= 0.3 is 0 Å². The third-order valence-corrected chi connectivity index (χ3v) is 5.62. The molecule has 0 unspecified atom stereocenters. The van der Waals surface area contributed by atoms with Crippen LogP contribution in [-0.4, -0.2) is 38.7 Å². The average molecular weight is 400 g/mol. The van der Waals surface area contributed by atoms with Crippen molar-refractivity contribution >= 4 is 15.9 Å². The summed E-state index contributed by atoms with van der Waals surface area (Å²) in [7, 11) is -0.635. The molecular weight excluding hydrogens is 380 g/mol. The lowest BCUT2D eigenvalue weighted by atomic mass is 10.1. The zero-order valence-electron chi connectivity index (χ0n) is 15.4. The number of nitrogens with zero attached hydrogens (tertiary/aromatic N) is 1. The molecule has 0 fully saturated rings. The summed E-state index contributed by atoms with van der Waals surface area (Å²) in [5.41, 5.74) is 2.68. The number of hydrogen-bond donors (Lipinski definition) is 3. The van der Waals surface area contributed by atoms with Gasteiger partial charge in [-0.2, -0.15) is 5.10 Å². The normalized spacial score (nSPS) is 11.2. The van der Waals surface area contributed by atoms with E-state index in [1.54, 1.807) is 13.3 Å². The second kappa shape index (κ2) is 8.24. The molecule has 1 aromatic heterocycles. The van der Waals surface area contributed by atoms with E-state index in [4.69, 9.17) is 4.74 Å². The molecule has 0 aliphatic heterocycles. The lowest BCUT2D eigenvalue weighted by Gasteiger charge is -2.08. The van der Waals surface area contributed by atoms with Gasteiger partial charge in [-0.3, -0.25) is 9.89 Å². The lowest BCUT2D eigenvalue weighted by Crippen LogP contribution is -2.23. The molecule has 146 valence electrons. The maximum atomic E-state index is 12.6. The Morgan fingerprint density at radius 3 is 2.39 bits per heavy atom. The van der Waals surface area contributed by atoms with Gasteiger partial charge < -0.3 is 10.1 Å². The SMILES string of the molecule is CNC(=O)c1ccc(S(=O)(=O)NCc2cn[nH]c2-c2ccc(OC)cc2)cc1. The fourth-order valence-electron chi connectivity index (χ4n) is 2.64. The molecule has 3 N–H and O–H groups in total. The number of benzene rings is 2. The zero-order chi connectivity index (χ0) is 20.1. The van der Waals surface area contributed by atoms with Crippen molar-refractivity contribution < 1.29 is 17.9 Å². The molecule has 9 heteroatoms. The smallest absolute Gasteiger partial charge is 0.251 e. The molecule has 0 bridgehead atoms. The topological polar surface area (TPSA) is 113 Å². The van der Waals surface area contributed by atoms with Gasteiger partial charge in [0.1, 0.15) is 5.75 Å².